The summed E-state index contributed by atoms with van der Waals surface area (Å²) >= 11 is 0. The van der Waals surface area contributed by atoms with Gasteiger partial charge in [-0.15, -0.1) is 0 Å². The Kier molecular flexibility index (Phi) is 4.41. The lowest BCUT2D eigenvalue weighted by molar-refractivity contribution is -0.138. The Labute approximate surface area is 69.5 Å². The first-order chi connectivity index (χ1) is 5.33. The Morgan fingerprint density at radius 3 is 2.33 bits per heavy atom. The molecule has 7 heteroatoms. The summed E-state index contributed by atoms with van der Waals surface area (Å²) in [6.45, 7) is 0. The van der Waals surface area contributed by atoms with Crippen molar-refractivity contribution in [1.82, 2.24) is 0 Å². The molecule has 6 nitrogen and oxygen atoms in total. The van der Waals surface area contributed by atoms with Gasteiger partial charge in [0, 0.05) is 6.16 Å². The number of carboxylic acid groups (broad SMARTS) is 1. The molecule has 0 spiro atoms. The highest BCUT2D eigenvalue weighted by Gasteiger charge is 2.16. The Balaban J connectivity index is 3.58. The molecular formula is C5H12NO5P. The second kappa shape index (κ2) is 4.57. The molecule has 5 N–H and O–H groups in total. The van der Waals surface area contributed by atoms with Crippen LogP contribution in [-0.2, 0) is 9.36 Å². The summed E-state index contributed by atoms with van der Waals surface area (Å²) in [5.74, 6) is -1.15. The van der Waals surface area contributed by atoms with Gasteiger partial charge in [-0.25, -0.2) is 0 Å². The topological polar surface area (TPSA) is 121 Å². The molecule has 0 aliphatic rings. The zero-order valence-electron chi connectivity index (χ0n) is 6.38. The van der Waals surface area contributed by atoms with Crippen LogP contribution in [0, 0.1) is 0 Å². The van der Waals surface area contributed by atoms with E-state index in [9.17, 15) is 9.36 Å². The van der Waals surface area contributed by atoms with Crippen molar-refractivity contribution in [2.24, 2.45) is 5.73 Å². The lowest BCUT2D eigenvalue weighted by atomic mass is 10.2. The largest absolute Gasteiger partial charge is 0.480 e. The summed E-state index contributed by atoms with van der Waals surface area (Å²) in [5, 5.41) is 8.29. The molecule has 0 saturated heterocycles. The van der Waals surface area contributed by atoms with Crippen molar-refractivity contribution in [3.63, 3.8) is 0 Å². The third kappa shape index (κ3) is 6.30. The van der Waals surface area contributed by atoms with Crippen molar-refractivity contribution in [3.8, 4) is 0 Å². The number of nitrogens with two attached hydrogens (primary N) is 1. The Morgan fingerprint density at radius 2 is 2.00 bits per heavy atom. The molecule has 1 atom stereocenters. The first-order valence-electron chi connectivity index (χ1n) is 3.36. The van der Waals surface area contributed by atoms with Crippen LogP contribution in [0.3, 0.4) is 0 Å². The fourth-order valence-corrected chi connectivity index (χ4v) is 1.24. The van der Waals surface area contributed by atoms with Crippen LogP contribution in [0.2, 0.25) is 0 Å². The quantitative estimate of drug-likeness (QED) is 0.435. The molecule has 0 rings (SSSR count). The zero-order valence-corrected chi connectivity index (χ0v) is 7.28. The van der Waals surface area contributed by atoms with E-state index < -0.39 is 19.6 Å². The smallest absolute Gasteiger partial charge is 0.325 e. The van der Waals surface area contributed by atoms with E-state index in [-0.39, 0.29) is 19.0 Å². The second-order valence-electron chi connectivity index (χ2n) is 2.48. The molecule has 0 heterocycles. The molecule has 72 valence electrons. The maximum Gasteiger partial charge on any atom is 0.325 e. The number of carbonyl (C=O) groups is 1. The first kappa shape index (κ1) is 11.6. The second-order valence-corrected chi connectivity index (χ2v) is 4.25. The molecular weight excluding hydrogens is 185 g/mol. The van der Waals surface area contributed by atoms with Gasteiger partial charge in [-0.05, 0) is 12.8 Å². The number of rotatable bonds is 5. The van der Waals surface area contributed by atoms with Gasteiger partial charge in [0.05, 0.1) is 0 Å². The van der Waals surface area contributed by atoms with Crippen LogP contribution in [0.15, 0.2) is 0 Å². The fourth-order valence-electron chi connectivity index (χ4n) is 0.641. The molecule has 0 aromatic carbocycles. The monoisotopic (exact) mass is 197 g/mol. The molecule has 0 aliphatic carbocycles. The van der Waals surface area contributed by atoms with Gasteiger partial charge < -0.3 is 20.6 Å². The first-order valence-corrected chi connectivity index (χ1v) is 5.15. The Bertz CT molecular complexity index is 200. The highest BCUT2D eigenvalue weighted by atomic mass is 31.2. The van der Waals surface area contributed by atoms with E-state index in [1.54, 1.807) is 0 Å². The van der Waals surface area contributed by atoms with Crippen LogP contribution in [0.4, 0.5) is 0 Å². The third-order valence-corrected chi connectivity index (χ3v) is 2.18. The van der Waals surface area contributed by atoms with E-state index in [1.165, 1.54) is 0 Å². The van der Waals surface area contributed by atoms with Gasteiger partial charge in [0.25, 0.3) is 0 Å². The Hall–Kier alpha value is -0.420. The average Bonchev–Trinajstić information content (AvgIpc) is 1.84. The highest BCUT2D eigenvalue weighted by Crippen LogP contribution is 2.35. The lowest BCUT2D eigenvalue weighted by Gasteiger charge is -2.06. The van der Waals surface area contributed by atoms with Crippen molar-refractivity contribution >= 4 is 13.6 Å². The molecule has 0 bridgehead atoms. The van der Waals surface area contributed by atoms with E-state index in [1.807, 2.05) is 0 Å². The van der Waals surface area contributed by atoms with Crippen molar-refractivity contribution in [2.45, 2.75) is 18.9 Å². The summed E-state index contributed by atoms with van der Waals surface area (Å²) in [4.78, 5) is 26.9. The summed E-state index contributed by atoms with van der Waals surface area (Å²) in [5.41, 5.74) is 5.09. The van der Waals surface area contributed by atoms with E-state index in [4.69, 9.17) is 20.6 Å². The van der Waals surface area contributed by atoms with Gasteiger partial charge in [0.15, 0.2) is 0 Å². The van der Waals surface area contributed by atoms with Crippen LogP contribution in [0.25, 0.3) is 0 Å². The fraction of sp³-hybridized carbons (Fsp3) is 0.800. The summed E-state index contributed by atoms with van der Waals surface area (Å²) in [6, 6.07) is -1.03. The summed E-state index contributed by atoms with van der Waals surface area (Å²) in [6.07, 6.45) is -0.105. The molecule has 0 aromatic rings. The number of carboxylic acids is 1. The minimum absolute atomic E-state index is 0.0838. The van der Waals surface area contributed by atoms with Gasteiger partial charge in [-0.1, -0.05) is 0 Å². The minimum Gasteiger partial charge on any atom is -0.480 e. The van der Waals surface area contributed by atoms with Crippen LogP contribution in [0.5, 0.6) is 0 Å². The molecule has 0 fully saturated rings. The average molecular weight is 197 g/mol. The van der Waals surface area contributed by atoms with Crippen LogP contribution >= 0.6 is 7.60 Å². The van der Waals surface area contributed by atoms with Crippen molar-refractivity contribution < 1.29 is 24.3 Å². The third-order valence-electron chi connectivity index (χ3n) is 1.28. The van der Waals surface area contributed by atoms with Crippen LogP contribution in [0.1, 0.15) is 12.8 Å². The molecule has 12 heavy (non-hydrogen) atoms. The van der Waals surface area contributed by atoms with E-state index >= 15 is 0 Å². The predicted molar refractivity (Wildman–Crippen MR) is 41.8 cm³/mol. The summed E-state index contributed by atoms with van der Waals surface area (Å²) in [7, 11) is -4.00. The molecule has 0 saturated carbocycles. The SMILES string of the molecule is N[C@H](CCCP(=O)(O)O)C(=O)O. The maximum atomic E-state index is 10.3. The number of aliphatic carboxylic acids is 1. The molecule has 0 aromatic heterocycles. The van der Waals surface area contributed by atoms with Crippen LogP contribution < -0.4 is 5.73 Å². The Morgan fingerprint density at radius 1 is 1.50 bits per heavy atom. The molecule has 0 radical (unpaired) electrons. The van der Waals surface area contributed by atoms with Crippen molar-refractivity contribution in [2.75, 3.05) is 6.16 Å². The van der Waals surface area contributed by atoms with Gasteiger partial charge in [0.1, 0.15) is 6.04 Å². The summed E-state index contributed by atoms with van der Waals surface area (Å²) < 4.78 is 10.3. The van der Waals surface area contributed by atoms with Crippen molar-refractivity contribution in [1.29, 1.82) is 0 Å². The van der Waals surface area contributed by atoms with E-state index in [0.29, 0.717) is 0 Å². The molecule has 0 amide bonds. The van der Waals surface area contributed by atoms with Gasteiger partial charge in [-0.3, -0.25) is 9.36 Å². The van der Waals surface area contributed by atoms with E-state index in [2.05, 4.69) is 0 Å². The molecule has 0 aliphatic heterocycles. The maximum absolute atomic E-state index is 10.3. The number of hydrogen-bond donors (Lipinski definition) is 4. The normalized spacial score (nSPS) is 14.2. The standard InChI is InChI=1S/C5H12NO5P/c6-4(5(7)8)2-1-3-12(9,10)11/h4H,1-3,6H2,(H,7,8)(H2,9,10,11)/t4-/m1/s1. The number of hydrogen-bond acceptors (Lipinski definition) is 3. The predicted octanol–water partition coefficient (Wildman–Crippen LogP) is -0.644. The highest BCUT2D eigenvalue weighted by molar-refractivity contribution is 7.51. The van der Waals surface area contributed by atoms with E-state index in [0.717, 1.165) is 0 Å². The van der Waals surface area contributed by atoms with Gasteiger partial charge in [-0.2, -0.15) is 0 Å². The van der Waals surface area contributed by atoms with Crippen LogP contribution in [-0.4, -0.2) is 33.1 Å². The lowest BCUT2D eigenvalue weighted by Crippen LogP contribution is -2.29. The van der Waals surface area contributed by atoms with Crippen molar-refractivity contribution in [3.05, 3.63) is 0 Å². The van der Waals surface area contributed by atoms with Gasteiger partial charge >= 0.3 is 13.6 Å². The zero-order chi connectivity index (χ0) is 9.78. The minimum atomic E-state index is -4.00. The van der Waals surface area contributed by atoms with Gasteiger partial charge in [0.2, 0.25) is 0 Å². The molecule has 0 unspecified atom stereocenters.